The van der Waals surface area contributed by atoms with Crippen molar-refractivity contribution in [1.82, 2.24) is 0 Å². The lowest BCUT2D eigenvalue weighted by molar-refractivity contribution is -0.138. The maximum absolute atomic E-state index is 11.9. The molecule has 0 aromatic heterocycles. The summed E-state index contributed by atoms with van der Waals surface area (Å²) in [5, 5.41) is 9.66. The first kappa shape index (κ1) is 14.2. The molecule has 0 aliphatic heterocycles. The summed E-state index contributed by atoms with van der Waals surface area (Å²) in [6.07, 6.45) is 2.27. The Labute approximate surface area is 106 Å². The maximum Gasteiger partial charge on any atom is 0.314 e. The molecular weight excluding hydrogens is 252 g/mol. The van der Waals surface area contributed by atoms with Crippen molar-refractivity contribution in [1.29, 1.82) is 0 Å². The minimum atomic E-state index is -3.61. The molecule has 0 spiro atoms. The summed E-state index contributed by atoms with van der Waals surface area (Å²) in [4.78, 5) is 10.8. The van der Waals surface area contributed by atoms with Crippen molar-refractivity contribution in [3.63, 3.8) is 0 Å². The molecule has 1 N–H and O–H groups in total. The first-order valence-electron chi connectivity index (χ1n) is 5.22. The van der Waals surface area contributed by atoms with Gasteiger partial charge < -0.3 is 5.11 Å². The van der Waals surface area contributed by atoms with Gasteiger partial charge in [-0.1, -0.05) is 29.8 Å². The molecule has 0 heterocycles. The highest BCUT2D eigenvalue weighted by Gasteiger charge is 2.13. The van der Waals surface area contributed by atoms with Gasteiger partial charge in [0.05, 0.1) is 10.8 Å². The van der Waals surface area contributed by atoms with Crippen molar-refractivity contribution >= 4 is 15.8 Å². The number of hydrogen-bond donors (Lipinski definition) is 1. The van der Waals surface area contributed by atoms with Gasteiger partial charge in [0, 0.05) is 5.41 Å². The van der Waals surface area contributed by atoms with E-state index in [0.29, 0.717) is 0 Å². The van der Waals surface area contributed by atoms with Crippen molar-refractivity contribution in [3.05, 3.63) is 54.0 Å². The largest absolute Gasteiger partial charge is 0.481 e. The van der Waals surface area contributed by atoms with E-state index in [4.69, 9.17) is 5.11 Å². The van der Waals surface area contributed by atoms with Crippen molar-refractivity contribution in [2.75, 3.05) is 0 Å². The monoisotopic (exact) mass is 266 g/mol. The van der Waals surface area contributed by atoms with E-state index in [0.717, 1.165) is 17.0 Å². The second-order valence-electron chi connectivity index (χ2n) is 3.79. The molecule has 0 saturated carbocycles. The van der Waals surface area contributed by atoms with Gasteiger partial charge in [0.25, 0.3) is 0 Å². The third-order valence-electron chi connectivity index (χ3n) is 2.35. The van der Waals surface area contributed by atoms with E-state index < -0.39 is 21.7 Å². The first-order chi connectivity index (χ1) is 8.36. The average Bonchev–Trinajstić information content (AvgIpc) is 2.29. The maximum atomic E-state index is 11.9. The molecule has 0 bridgehead atoms. The predicted molar refractivity (Wildman–Crippen MR) is 68.8 cm³/mol. The van der Waals surface area contributed by atoms with Gasteiger partial charge in [-0.15, -0.1) is 6.58 Å². The standard InChI is InChI=1S/C13H14O4S/c1-3-11(13(14)15)8-9-18(16,17)12-6-4-10(2)5-7-12/h3-9,11H,1H2,2H3,(H,14,15)/b9-8+. The van der Waals surface area contributed by atoms with Crippen LogP contribution in [0.25, 0.3) is 0 Å². The summed E-state index contributed by atoms with van der Waals surface area (Å²) >= 11 is 0. The minimum absolute atomic E-state index is 0.137. The third kappa shape index (κ3) is 3.56. The fourth-order valence-electron chi connectivity index (χ4n) is 1.26. The molecule has 0 aliphatic carbocycles. The lowest BCUT2D eigenvalue weighted by Crippen LogP contribution is -2.08. The van der Waals surface area contributed by atoms with Gasteiger partial charge >= 0.3 is 5.97 Å². The number of benzene rings is 1. The third-order valence-corrected chi connectivity index (χ3v) is 3.80. The number of hydrogen-bond acceptors (Lipinski definition) is 3. The molecule has 5 heteroatoms. The number of sulfone groups is 1. The normalized spacial score (nSPS) is 13.4. The Morgan fingerprint density at radius 1 is 1.33 bits per heavy atom. The van der Waals surface area contributed by atoms with Crippen LogP contribution >= 0.6 is 0 Å². The van der Waals surface area contributed by atoms with Crippen molar-refractivity contribution in [3.8, 4) is 0 Å². The molecule has 0 saturated heterocycles. The van der Waals surface area contributed by atoms with Crippen LogP contribution in [0.4, 0.5) is 0 Å². The second-order valence-corrected chi connectivity index (χ2v) is 5.62. The Morgan fingerprint density at radius 3 is 2.33 bits per heavy atom. The Kier molecular flexibility index (Phi) is 4.44. The van der Waals surface area contributed by atoms with Crippen LogP contribution < -0.4 is 0 Å². The molecular formula is C13H14O4S. The van der Waals surface area contributed by atoms with E-state index >= 15 is 0 Å². The fraction of sp³-hybridized carbons (Fsp3) is 0.154. The van der Waals surface area contributed by atoms with Crippen LogP contribution in [0.5, 0.6) is 0 Å². The van der Waals surface area contributed by atoms with Gasteiger partial charge in [0.15, 0.2) is 9.84 Å². The molecule has 0 fully saturated rings. The molecule has 1 atom stereocenters. The van der Waals surface area contributed by atoms with Gasteiger partial charge in [-0.05, 0) is 19.1 Å². The highest BCUT2D eigenvalue weighted by Crippen LogP contribution is 2.14. The molecule has 96 valence electrons. The first-order valence-corrected chi connectivity index (χ1v) is 6.77. The topological polar surface area (TPSA) is 71.4 Å². The van der Waals surface area contributed by atoms with Crippen LogP contribution in [0.3, 0.4) is 0 Å². The molecule has 1 aromatic carbocycles. The average molecular weight is 266 g/mol. The molecule has 1 aromatic rings. The summed E-state index contributed by atoms with van der Waals surface area (Å²) in [6, 6.07) is 6.34. The van der Waals surface area contributed by atoms with Gasteiger partial charge in [-0.3, -0.25) is 4.79 Å². The molecule has 0 amide bonds. The van der Waals surface area contributed by atoms with E-state index in [2.05, 4.69) is 6.58 Å². The Balaban J connectivity index is 3.01. The molecule has 0 radical (unpaired) electrons. The smallest absolute Gasteiger partial charge is 0.314 e. The number of rotatable bonds is 5. The highest BCUT2D eigenvalue weighted by molar-refractivity contribution is 7.94. The summed E-state index contributed by atoms with van der Waals surface area (Å²) in [5.74, 6) is -2.15. The van der Waals surface area contributed by atoms with Crippen LogP contribution in [-0.4, -0.2) is 19.5 Å². The van der Waals surface area contributed by atoms with Gasteiger partial charge in [0.2, 0.25) is 0 Å². The van der Waals surface area contributed by atoms with E-state index in [1.54, 1.807) is 12.1 Å². The molecule has 4 nitrogen and oxygen atoms in total. The van der Waals surface area contributed by atoms with Crippen LogP contribution in [0.2, 0.25) is 0 Å². The zero-order valence-corrected chi connectivity index (χ0v) is 10.7. The number of aliphatic carboxylic acids is 1. The fourth-order valence-corrected chi connectivity index (χ4v) is 2.31. The summed E-state index contributed by atoms with van der Waals surface area (Å²) < 4.78 is 23.7. The van der Waals surface area contributed by atoms with Crippen LogP contribution in [0.1, 0.15) is 5.56 Å². The number of carboxylic acids is 1. The van der Waals surface area contributed by atoms with Crippen LogP contribution in [0, 0.1) is 12.8 Å². The Morgan fingerprint density at radius 2 is 1.89 bits per heavy atom. The Hall–Kier alpha value is -1.88. The van der Waals surface area contributed by atoms with E-state index in [9.17, 15) is 13.2 Å². The van der Waals surface area contributed by atoms with Crippen molar-refractivity contribution in [2.45, 2.75) is 11.8 Å². The number of carbonyl (C=O) groups is 1. The van der Waals surface area contributed by atoms with Crippen LogP contribution in [0.15, 0.2) is 53.3 Å². The Bertz CT molecular complexity index is 568. The van der Waals surface area contributed by atoms with Gasteiger partial charge in [-0.2, -0.15) is 0 Å². The molecule has 0 aliphatic rings. The quantitative estimate of drug-likeness (QED) is 0.829. The second kappa shape index (κ2) is 5.64. The minimum Gasteiger partial charge on any atom is -0.481 e. The van der Waals surface area contributed by atoms with E-state index in [1.807, 2.05) is 6.92 Å². The van der Waals surface area contributed by atoms with Gasteiger partial charge in [0.1, 0.15) is 0 Å². The summed E-state index contributed by atoms with van der Waals surface area (Å²) in [7, 11) is -3.61. The lowest BCUT2D eigenvalue weighted by Gasteiger charge is -2.02. The zero-order chi connectivity index (χ0) is 13.8. The van der Waals surface area contributed by atoms with E-state index in [1.165, 1.54) is 18.2 Å². The van der Waals surface area contributed by atoms with E-state index in [-0.39, 0.29) is 4.90 Å². The highest BCUT2D eigenvalue weighted by atomic mass is 32.2. The van der Waals surface area contributed by atoms with Gasteiger partial charge in [-0.25, -0.2) is 8.42 Å². The number of aryl methyl sites for hydroxylation is 1. The summed E-state index contributed by atoms with van der Waals surface area (Å²) in [6.45, 7) is 5.19. The molecule has 18 heavy (non-hydrogen) atoms. The summed E-state index contributed by atoms with van der Waals surface area (Å²) in [5.41, 5.74) is 0.951. The predicted octanol–water partition coefficient (Wildman–Crippen LogP) is 2.17. The lowest BCUT2D eigenvalue weighted by atomic mass is 10.1. The SMILES string of the molecule is C=CC(/C=C/S(=O)(=O)c1ccc(C)cc1)C(=O)O. The van der Waals surface area contributed by atoms with Crippen molar-refractivity contribution in [2.24, 2.45) is 5.92 Å². The molecule has 1 rings (SSSR count). The van der Waals surface area contributed by atoms with Crippen LogP contribution in [-0.2, 0) is 14.6 Å². The molecule has 1 unspecified atom stereocenters. The number of carboxylic acid groups (broad SMARTS) is 1. The van der Waals surface area contributed by atoms with Crippen molar-refractivity contribution < 1.29 is 18.3 Å². The zero-order valence-electron chi connectivity index (χ0n) is 9.91.